The molecule has 1 aliphatic heterocycles. The molecule has 0 spiro atoms. The summed E-state index contributed by atoms with van der Waals surface area (Å²) in [7, 11) is -3.25. The van der Waals surface area contributed by atoms with Crippen LogP contribution in [-0.4, -0.2) is 44.2 Å². The standard InChI is InChI=1S/C15H20N2O5S/c1-10-8-12(17-6-3-7-23(17,21)22)4-5-13(10)14(18)16-9-11(2)15(19)20/h4-5,8,11H,3,6-7,9H2,1-2H3,(H,16,18)(H,19,20). The minimum absolute atomic E-state index is 0.0376. The highest BCUT2D eigenvalue weighted by molar-refractivity contribution is 7.93. The molecule has 8 heteroatoms. The van der Waals surface area contributed by atoms with Gasteiger partial charge in [0.25, 0.3) is 5.91 Å². The summed E-state index contributed by atoms with van der Waals surface area (Å²) in [5.41, 5.74) is 1.60. The zero-order chi connectivity index (χ0) is 17.2. The lowest BCUT2D eigenvalue weighted by molar-refractivity contribution is -0.140. The van der Waals surface area contributed by atoms with Gasteiger partial charge in [-0.05, 0) is 37.1 Å². The van der Waals surface area contributed by atoms with Crippen LogP contribution in [0.25, 0.3) is 0 Å². The number of carbonyl (C=O) groups is 2. The molecule has 0 aliphatic carbocycles. The number of hydrogen-bond donors (Lipinski definition) is 2. The lowest BCUT2D eigenvalue weighted by Crippen LogP contribution is -2.32. The molecule has 0 bridgehead atoms. The highest BCUT2D eigenvalue weighted by Gasteiger charge is 2.28. The molecule has 2 rings (SSSR count). The molecule has 7 nitrogen and oxygen atoms in total. The maximum absolute atomic E-state index is 12.1. The Kier molecular flexibility index (Phi) is 4.93. The largest absolute Gasteiger partial charge is 0.481 e. The fourth-order valence-electron chi connectivity index (χ4n) is 2.42. The van der Waals surface area contributed by atoms with Gasteiger partial charge in [-0.25, -0.2) is 8.42 Å². The zero-order valence-electron chi connectivity index (χ0n) is 13.1. The van der Waals surface area contributed by atoms with Gasteiger partial charge < -0.3 is 10.4 Å². The molecule has 1 heterocycles. The minimum atomic E-state index is -3.25. The van der Waals surface area contributed by atoms with Crippen LogP contribution in [0.2, 0.25) is 0 Å². The topological polar surface area (TPSA) is 104 Å². The third-order valence-corrected chi connectivity index (χ3v) is 5.70. The number of aliphatic carboxylic acids is 1. The van der Waals surface area contributed by atoms with Crippen LogP contribution in [0.1, 0.15) is 29.3 Å². The van der Waals surface area contributed by atoms with Crippen LogP contribution in [0, 0.1) is 12.8 Å². The normalized spacial score (nSPS) is 17.7. The number of carbonyl (C=O) groups excluding carboxylic acids is 1. The van der Waals surface area contributed by atoms with Gasteiger partial charge in [-0.1, -0.05) is 6.92 Å². The van der Waals surface area contributed by atoms with Crippen LogP contribution in [0.4, 0.5) is 5.69 Å². The van der Waals surface area contributed by atoms with Gasteiger partial charge in [0.1, 0.15) is 0 Å². The molecule has 1 aliphatic rings. The molecule has 0 radical (unpaired) electrons. The van der Waals surface area contributed by atoms with E-state index in [1.165, 1.54) is 11.2 Å². The van der Waals surface area contributed by atoms with Crippen LogP contribution < -0.4 is 9.62 Å². The van der Waals surface area contributed by atoms with Crippen molar-refractivity contribution in [1.82, 2.24) is 5.32 Å². The Morgan fingerprint density at radius 1 is 1.39 bits per heavy atom. The Morgan fingerprint density at radius 3 is 2.61 bits per heavy atom. The lowest BCUT2D eigenvalue weighted by atomic mass is 10.1. The summed E-state index contributed by atoms with van der Waals surface area (Å²) in [6.07, 6.45) is 0.594. The van der Waals surface area contributed by atoms with Crippen molar-refractivity contribution in [3.05, 3.63) is 29.3 Å². The Morgan fingerprint density at radius 2 is 2.09 bits per heavy atom. The van der Waals surface area contributed by atoms with Crippen molar-refractivity contribution in [2.75, 3.05) is 23.1 Å². The maximum Gasteiger partial charge on any atom is 0.308 e. The number of rotatable bonds is 5. The van der Waals surface area contributed by atoms with Gasteiger partial charge in [0.15, 0.2) is 0 Å². The number of nitrogens with zero attached hydrogens (tertiary/aromatic N) is 1. The van der Waals surface area contributed by atoms with Crippen molar-refractivity contribution in [1.29, 1.82) is 0 Å². The molecular formula is C15H20N2O5S. The molecule has 1 fully saturated rings. The quantitative estimate of drug-likeness (QED) is 0.832. The van der Waals surface area contributed by atoms with Gasteiger partial charge in [0.05, 0.1) is 17.4 Å². The van der Waals surface area contributed by atoms with E-state index in [2.05, 4.69) is 5.32 Å². The van der Waals surface area contributed by atoms with Gasteiger partial charge >= 0.3 is 5.97 Å². The third kappa shape index (κ3) is 3.82. The minimum Gasteiger partial charge on any atom is -0.481 e. The Labute approximate surface area is 135 Å². The molecule has 1 aromatic carbocycles. The molecule has 126 valence electrons. The van der Waals surface area contributed by atoms with Crippen LogP contribution in [0.15, 0.2) is 18.2 Å². The third-order valence-electron chi connectivity index (χ3n) is 3.83. The summed E-state index contributed by atoms with van der Waals surface area (Å²) in [4.78, 5) is 22.9. The fraction of sp³-hybridized carbons (Fsp3) is 0.467. The van der Waals surface area contributed by atoms with Crippen molar-refractivity contribution in [2.45, 2.75) is 20.3 Å². The first-order valence-corrected chi connectivity index (χ1v) is 8.95. The Balaban J connectivity index is 2.13. The SMILES string of the molecule is Cc1cc(N2CCCS2(=O)=O)ccc1C(=O)NCC(C)C(=O)O. The fourth-order valence-corrected chi connectivity index (χ4v) is 3.97. The molecular weight excluding hydrogens is 320 g/mol. The van der Waals surface area contributed by atoms with Gasteiger partial charge in [0.2, 0.25) is 10.0 Å². The second-order valence-corrected chi connectivity index (χ2v) is 7.70. The molecule has 1 unspecified atom stereocenters. The van der Waals surface area contributed by atoms with E-state index in [1.54, 1.807) is 25.1 Å². The molecule has 2 N–H and O–H groups in total. The Hall–Kier alpha value is -2.09. The number of nitrogens with one attached hydrogen (secondary N) is 1. The summed E-state index contributed by atoms with van der Waals surface area (Å²) in [6, 6.07) is 4.84. The summed E-state index contributed by atoms with van der Waals surface area (Å²) in [5.74, 6) is -1.88. The number of benzene rings is 1. The number of carboxylic acid groups (broad SMARTS) is 1. The number of anilines is 1. The van der Waals surface area contributed by atoms with Gasteiger partial charge in [0, 0.05) is 18.7 Å². The molecule has 0 saturated carbocycles. The number of hydrogen-bond acceptors (Lipinski definition) is 4. The first-order valence-electron chi connectivity index (χ1n) is 7.34. The summed E-state index contributed by atoms with van der Waals surface area (Å²) < 4.78 is 25.2. The number of carboxylic acids is 1. The first kappa shape index (κ1) is 17.3. The van der Waals surface area contributed by atoms with E-state index < -0.39 is 21.9 Å². The van der Waals surface area contributed by atoms with Crippen LogP contribution in [0.3, 0.4) is 0 Å². The highest BCUT2D eigenvalue weighted by atomic mass is 32.2. The molecule has 1 saturated heterocycles. The van der Waals surface area contributed by atoms with E-state index in [0.29, 0.717) is 29.8 Å². The highest BCUT2D eigenvalue weighted by Crippen LogP contribution is 2.26. The molecule has 0 aromatic heterocycles. The number of amides is 1. The Bertz CT molecular complexity index is 729. The van der Waals surface area contributed by atoms with Crippen molar-refractivity contribution in [2.24, 2.45) is 5.92 Å². The first-order chi connectivity index (χ1) is 10.7. The van der Waals surface area contributed by atoms with Crippen molar-refractivity contribution in [3.63, 3.8) is 0 Å². The van der Waals surface area contributed by atoms with Crippen molar-refractivity contribution >= 4 is 27.6 Å². The van der Waals surface area contributed by atoms with Gasteiger partial charge in [-0.15, -0.1) is 0 Å². The van der Waals surface area contributed by atoms with Crippen molar-refractivity contribution < 1.29 is 23.1 Å². The van der Waals surface area contributed by atoms with E-state index >= 15 is 0 Å². The van der Waals surface area contributed by atoms with Crippen LogP contribution in [-0.2, 0) is 14.8 Å². The van der Waals surface area contributed by atoms with E-state index in [0.717, 1.165) is 0 Å². The number of aryl methyl sites for hydroxylation is 1. The maximum atomic E-state index is 12.1. The molecule has 1 atom stereocenters. The van der Waals surface area contributed by atoms with Gasteiger partial charge in [-0.2, -0.15) is 0 Å². The molecule has 1 amide bonds. The van der Waals surface area contributed by atoms with Crippen molar-refractivity contribution in [3.8, 4) is 0 Å². The summed E-state index contributed by atoms with van der Waals surface area (Å²) in [5, 5.41) is 11.4. The van der Waals surface area contributed by atoms with E-state index in [1.807, 2.05) is 0 Å². The molecule has 1 aromatic rings. The lowest BCUT2D eigenvalue weighted by Gasteiger charge is -2.18. The monoisotopic (exact) mass is 340 g/mol. The van der Waals surface area contributed by atoms with E-state index in [4.69, 9.17) is 5.11 Å². The second kappa shape index (κ2) is 6.57. The average Bonchev–Trinajstić information content (AvgIpc) is 2.83. The number of sulfonamides is 1. The smallest absolute Gasteiger partial charge is 0.308 e. The van der Waals surface area contributed by atoms with Crippen LogP contribution >= 0.6 is 0 Å². The molecule has 23 heavy (non-hydrogen) atoms. The zero-order valence-corrected chi connectivity index (χ0v) is 13.9. The summed E-state index contributed by atoms with van der Waals surface area (Å²) >= 11 is 0. The summed E-state index contributed by atoms with van der Waals surface area (Å²) in [6.45, 7) is 3.72. The average molecular weight is 340 g/mol. The predicted molar refractivity (Wildman–Crippen MR) is 86.1 cm³/mol. The second-order valence-electron chi connectivity index (χ2n) is 5.69. The van der Waals surface area contributed by atoms with Crippen LogP contribution in [0.5, 0.6) is 0 Å². The van der Waals surface area contributed by atoms with E-state index in [-0.39, 0.29) is 18.2 Å². The predicted octanol–water partition coefficient (Wildman–Crippen LogP) is 0.985. The van der Waals surface area contributed by atoms with E-state index in [9.17, 15) is 18.0 Å². The van der Waals surface area contributed by atoms with Gasteiger partial charge in [-0.3, -0.25) is 13.9 Å².